The molecule has 0 radical (unpaired) electrons. The molecule has 2 aromatic carbocycles. The van der Waals surface area contributed by atoms with Gasteiger partial charge in [-0.1, -0.05) is 37.1 Å². The maximum absolute atomic E-state index is 15.1. The summed E-state index contributed by atoms with van der Waals surface area (Å²) in [6.07, 6.45) is -0.266. The number of aromatic nitrogens is 3. The van der Waals surface area contributed by atoms with E-state index in [1.807, 2.05) is 24.3 Å². The van der Waals surface area contributed by atoms with Crippen molar-refractivity contribution in [2.75, 3.05) is 19.8 Å². The molecule has 4 aromatic rings. The van der Waals surface area contributed by atoms with E-state index >= 15 is 4.39 Å². The first kappa shape index (κ1) is 35.1. The summed E-state index contributed by atoms with van der Waals surface area (Å²) in [5, 5.41) is 3.86. The number of aromatic amines is 1. The summed E-state index contributed by atoms with van der Waals surface area (Å²) < 4.78 is 67.2. The Kier molecular flexibility index (Phi) is 11.9. The van der Waals surface area contributed by atoms with E-state index in [2.05, 4.69) is 27.2 Å². The molecule has 2 heterocycles. The molecule has 2 unspecified atom stereocenters. The molecule has 0 bridgehead atoms. The fourth-order valence-electron chi connectivity index (χ4n) is 5.16. The number of fused-ring (bicyclic) bond motifs is 1. The summed E-state index contributed by atoms with van der Waals surface area (Å²) >= 11 is 6.14. The van der Waals surface area contributed by atoms with E-state index in [1.165, 1.54) is 16.7 Å². The minimum absolute atomic E-state index is 0.00686. The van der Waals surface area contributed by atoms with Gasteiger partial charge in [0.1, 0.15) is 24.2 Å². The molecule has 248 valence electrons. The molecule has 0 aliphatic carbocycles. The fourth-order valence-corrected chi connectivity index (χ4v) is 5.40. The van der Waals surface area contributed by atoms with Gasteiger partial charge in [-0.05, 0) is 80.1 Å². The quantitative estimate of drug-likeness (QED) is 0.0497. The first-order chi connectivity index (χ1) is 21.9. The molecule has 0 saturated carbocycles. The number of aryl methyl sites for hydroxylation is 1. The van der Waals surface area contributed by atoms with Crippen molar-refractivity contribution in [3.8, 4) is 16.9 Å². The van der Waals surface area contributed by atoms with Crippen LogP contribution < -0.4 is 22.5 Å². The summed E-state index contributed by atoms with van der Waals surface area (Å²) in [5.74, 6) is -0.714. The smallest absolute Gasteiger partial charge is 0.385 e. The Morgan fingerprint density at radius 3 is 2.57 bits per heavy atom. The fraction of sp³-hybridized carbons (Fsp3) is 0.406. The normalized spacial score (nSPS) is 13.8. The lowest BCUT2D eigenvalue weighted by Gasteiger charge is -2.19. The number of rotatable bonds is 15. The molecule has 0 aliphatic rings. The first-order valence-corrected chi connectivity index (χ1v) is 15.4. The third-order valence-corrected chi connectivity index (χ3v) is 7.89. The number of alkyl halides is 4. The molecule has 14 heteroatoms. The van der Waals surface area contributed by atoms with E-state index in [0.717, 1.165) is 18.4 Å². The maximum Gasteiger partial charge on any atom is 0.403 e. The number of nitrogens with zero attached hydrogens (tertiary/aromatic N) is 3. The monoisotopic (exact) mass is 665 g/mol. The van der Waals surface area contributed by atoms with Crippen LogP contribution in [-0.2, 0) is 6.42 Å². The molecule has 2 atom stereocenters. The highest BCUT2D eigenvalue weighted by Gasteiger charge is 2.35. The second kappa shape index (κ2) is 15.7. The SMILES string of the molecule is CCCC(NCCCN=C(N)CF)c1ccc(-n2cc3cc(-c4cc(CCCC(N)C(F)(F)F)cc(Cl)c4F)[nH]c3nc2=O)cc1. The highest BCUT2D eigenvalue weighted by Crippen LogP contribution is 2.32. The molecular weight excluding hydrogens is 629 g/mol. The lowest BCUT2D eigenvalue weighted by molar-refractivity contribution is -0.149. The first-order valence-electron chi connectivity index (χ1n) is 15.0. The van der Waals surface area contributed by atoms with Crippen LogP contribution in [0.2, 0.25) is 5.02 Å². The molecule has 2 aromatic heterocycles. The predicted molar refractivity (Wildman–Crippen MR) is 172 cm³/mol. The van der Waals surface area contributed by atoms with Crippen molar-refractivity contribution >= 4 is 28.5 Å². The Morgan fingerprint density at radius 1 is 1.15 bits per heavy atom. The van der Waals surface area contributed by atoms with Crippen molar-refractivity contribution < 1.29 is 22.0 Å². The Morgan fingerprint density at radius 2 is 1.89 bits per heavy atom. The highest BCUT2D eigenvalue weighted by atomic mass is 35.5. The molecule has 6 N–H and O–H groups in total. The van der Waals surface area contributed by atoms with Crippen molar-refractivity contribution in [3.05, 3.63) is 81.1 Å². The van der Waals surface area contributed by atoms with Crippen LogP contribution in [0.1, 0.15) is 56.2 Å². The van der Waals surface area contributed by atoms with Gasteiger partial charge in [0.25, 0.3) is 0 Å². The van der Waals surface area contributed by atoms with E-state index in [0.29, 0.717) is 41.8 Å². The Balaban J connectivity index is 1.52. The Hall–Kier alpha value is -3.81. The number of hydrogen-bond acceptors (Lipinski definition) is 5. The summed E-state index contributed by atoms with van der Waals surface area (Å²) in [5.41, 5.74) is 12.9. The number of hydrogen-bond donors (Lipinski definition) is 4. The highest BCUT2D eigenvalue weighted by molar-refractivity contribution is 6.31. The molecule has 46 heavy (non-hydrogen) atoms. The van der Waals surface area contributed by atoms with Gasteiger partial charge in [-0.2, -0.15) is 18.2 Å². The number of halogens is 6. The van der Waals surface area contributed by atoms with E-state index in [9.17, 15) is 22.4 Å². The molecule has 0 fully saturated rings. The van der Waals surface area contributed by atoms with E-state index in [1.54, 1.807) is 12.3 Å². The Labute approximate surface area is 268 Å². The van der Waals surface area contributed by atoms with Crippen molar-refractivity contribution in [2.45, 2.75) is 63.7 Å². The molecule has 4 rings (SSSR count). The summed E-state index contributed by atoms with van der Waals surface area (Å²) in [4.78, 5) is 24.1. The van der Waals surface area contributed by atoms with Gasteiger partial charge in [-0.15, -0.1) is 0 Å². The largest absolute Gasteiger partial charge is 0.403 e. The average molecular weight is 666 g/mol. The van der Waals surface area contributed by atoms with Gasteiger partial charge in [0.2, 0.25) is 0 Å². The van der Waals surface area contributed by atoms with Gasteiger partial charge in [0.05, 0.1) is 16.4 Å². The van der Waals surface area contributed by atoms with Gasteiger partial charge in [0.15, 0.2) is 5.82 Å². The molecule has 0 saturated heterocycles. The van der Waals surface area contributed by atoms with Crippen LogP contribution >= 0.6 is 11.6 Å². The minimum Gasteiger partial charge on any atom is -0.385 e. The van der Waals surface area contributed by atoms with Gasteiger partial charge in [-0.3, -0.25) is 9.56 Å². The van der Waals surface area contributed by atoms with E-state index in [4.69, 9.17) is 23.1 Å². The molecule has 8 nitrogen and oxygen atoms in total. The van der Waals surface area contributed by atoms with Crippen LogP contribution in [0.5, 0.6) is 0 Å². The third kappa shape index (κ3) is 8.92. The van der Waals surface area contributed by atoms with Crippen LogP contribution in [-0.4, -0.2) is 52.4 Å². The van der Waals surface area contributed by atoms with Crippen LogP contribution in [0.15, 0.2) is 58.4 Å². The zero-order chi connectivity index (χ0) is 33.4. The minimum atomic E-state index is -4.48. The average Bonchev–Trinajstić information content (AvgIpc) is 3.43. The predicted octanol–water partition coefficient (Wildman–Crippen LogP) is 6.53. The van der Waals surface area contributed by atoms with Gasteiger partial charge < -0.3 is 21.8 Å². The van der Waals surface area contributed by atoms with Gasteiger partial charge in [-0.25, -0.2) is 13.6 Å². The van der Waals surface area contributed by atoms with Crippen molar-refractivity contribution in [2.24, 2.45) is 16.5 Å². The van der Waals surface area contributed by atoms with Crippen LogP contribution in [0.4, 0.5) is 22.0 Å². The number of aliphatic imine (C=N–C) groups is 1. The second-order valence-electron chi connectivity index (χ2n) is 11.1. The lowest BCUT2D eigenvalue weighted by Crippen LogP contribution is -2.37. The molecule has 0 aliphatic heterocycles. The van der Waals surface area contributed by atoms with Crippen LogP contribution in [0.3, 0.4) is 0 Å². The maximum atomic E-state index is 15.1. The topological polar surface area (TPSA) is 127 Å². The van der Waals surface area contributed by atoms with Crippen molar-refractivity contribution in [3.63, 3.8) is 0 Å². The lowest BCUT2D eigenvalue weighted by atomic mass is 10.0. The van der Waals surface area contributed by atoms with Crippen molar-refractivity contribution in [1.29, 1.82) is 0 Å². The number of benzene rings is 2. The summed E-state index contributed by atoms with van der Waals surface area (Å²) in [6.45, 7) is 2.44. The number of nitrogens with one attached hydrogen (secondary N) is 2. The molecule has 0 amide bonds. The van der Waals surface area contributed by atoms with Crippen LogP contribution in [0, 0.1) is 5.82 Å². The standard InChI is InChI=1S/C32H37ClF5N7O/c1-2-5-25(41-12-4-13-42-28(40)17-34)20-8-10-22(11-9-20)45-18-21-16-26(43-30(21)44-31(45)46)23-14-19(15-24(33)29(23)35)6-3-7-27(39)32(36,37)38/h8-11,14-16,18,25,27,41H,2-7,12-13,17,39H2,1H3,(H2,40,42)(H,43,44,46). The molecule has 0 spiro atoms. The van der Waals surface area contributed by atoms with Gasteiger partial charge >= 0.3 is 11.9 Å². The summed E-state index contributed by atoms with van der Waals surface area (Å²) in [7, 11) is 0. The van der Waals surface area contributed by atoms with E-state index in [-0.39, 0.29) is 47.4 Å². The number of amidine groups is 1. The van der Waals surface area contributed by atoms with E-state index < -0.39 is 30.4 Å². The van der Waals surface area contributed by atoms with Crippen molar-refractivity contribution in [1.82, 2.24) is 19.9 Å². The summed E-state index contributed by atoms with van der Waals surface area (Å²) in [6, 6.07) is 10.2. The number of nitrogens with two attached hydrogens (primary N) is 2. The number of H-pyrrole nitrogens is 1. The second-order valence-corrected chi connectivity index (χ2v) is 11.5. The molecular formula is C32H37ClF5N7O. The van der Waals surface area contributed by atoms with Gasteiger partial charge in [0, 0.05) is 29.7 Å². The zero-order valence-corrected chi connectivity index (χ0v) is 26.1. The van der Waals surface area contributed by atoms with Crippen LogP contribution in [0.25, 0.3) is 28.0 Å². The zero-order valence-electron chi connectivity index (χ0n) is 25.3. The Bertz CT molecular complexity index is 1700. The third-order valence-electron chi connectivity index (χ3n) is 7.62.